The number of anilines is 1. The number of rotatable bonds is 3. The molecule has 1 heterocycles. The highest BCUT2D eigenvalue weighted by Gasteiger charge is 2.34. The number of nitrogens with zero attached hydrogens (tertiary/aromatic N) is 1. The summed E-state index contributed by atoms with van der Waals surface area (Å²) in [5.74, 6) is 1.34. The molecular weight excluding hydrogens is 255 g/mol. The molecule has 0 saturated heterocycles. The molecule has 17 heavy (non-hydrogen) atoms. The van der Waals surface area contributed by atoms with Crippen LogP contribution in [0.3, 0.4) is 0 Å². The van der Waals surface area contributed by atoms with E-state index in [1.165, 1.54) is 12.8 Å². The highest BCUT2D eigenvalue weighted by Crippen LogP contribution is 2.37. The molecule has 4 heteroatoms. The standard InChI is InChI=1S/C13H18Cl2N2/c1-10-3-2-5-13(7-10,9-14)17-12-4-6-16-8-11(12)15/h4,6,8,10H,2-3,5,7,9H2,1H3,(H,16,17). The number of alkyl halides is 1. The Kier molecular flexibility index (Phi) is 4.16. The van der Waals surface area contributed by atoms with Crippen LogP contribution in [0, 0.1) is 5.92 Å². The van der Waals surface area contributed by atoms with Crippen molar-refractivity contribution in [1.82, 2.24) is 4.98 Å². The topological polar surface area (TPSA) is 24.9 Å². The van der Waals surface area contributed by atoms with E-state index in [1.54, 1.807) is 12.4 Å². The van der Waals surface area contributed by atoms with E-state index in [2.05, 4.69) is 17.2 Å². The Labute approximate surface area is 113 Å². The molecule has 0 spiro atoms. The van der Waals surface area contributed by atoms with Crippen LogP contribution >= 0.6 is 23.2 Å². The predicted octanol–water partition coefficient (Wildman–Crippen LogP) is 4.33. The van der Waals surface area contributed by atoms with Crippen molar-refractivity contribution in [2.45, 2.75) is 38.1 Å². The van der Waals surface area contributed by atoms with Gasteiger partial charge in [-0.15, -0.1) is 11.6 Å². The van der Waals surface area contributed by atoms with Crippen molar-refractivity contribution in [1.29, 1.82) is 0 Å². The molecule has 1 aliphatic carbocycles. The summed E-state index contributed by atoms with van der Waals surface area (Å²) in [5, 5.41) is 4.20. The molecule has 0 aliphatic heterocycles. The van der Waals surface area contributed by atoms with Crippen LogP contribution < -0.4 is 5.32 Å². The van der Waals surface area contributed by atoms with Crippen molar-refractivity contribution in [2.24, 2.45) is 5.92 Å². The molecule has 0 aromatic carbocycles. The second-order valence-electron chi connectivity index (χ2n) is 5.10. The van der Waals surface area contributed by atoms with E-state index in [4.69, 9.17) is 23.2 Å². The molecule has 0 radical (unpaired) electrons. The van der Waals surface area contributed by atoms with E-state index in [1.807, 2.05) is 6.07 Å². The molecule has 2 unspecified atom stereocenters. The molecule has 0 bridgehead atoms. The number of aromatic nitrogens is 1. The van der Waals surface area contributed by atoms with Crippen LogP contribution in [0.2, 0.25) is 5.02 Å². The fraction of sp³-hybridized carbons (Fsp3) is 0.615. The van der Waals surface area contributed by atoms with E-state index >= 15 is 0 Å². The quantitative estimate of drug-likeness (QED) is 0.829. The van der Waals surface area contributed by atoms with E-state index < -0.39 is 0 Å². The Balaban J connectivity index is 2.17. The lowest BCUT2D eigenvalue weighted by atomic mass is 9.77. The molecule has 2 nitrogen and oxygen atoms in total. The van der Waals surface area contributed by atoms with Gasteiger partial charge in [-0.3, -0.25) is 4.98 Å². The summed E-state index contributed by atoms with van der Waals surface area (Å²) in [6, 6.07) is 1.91. The van der Waals surface area contributed by atoms with Gasteiger partial charge in [0.05, 0.1) is 16.2 Å². The first-order valence-electron chi connectivity index (χ1n) is 6.09. The van der Waals surface area contributed by atoms with Crippen LogP contribution in [-0.4, -0.2) is 16.4 Å². The van der Waals surface area contributed by atoms with Crippen molar-refractivity contribution in [3.63, 3.8) is 0 Å². The molecule has 2 atom stereocenters. The minimum Gasteiger partial charge on any atom is -0.377 e. The third-order valence-electron chi connectivity index (χ3n) is 3.52. The average molecular weight is 273 g/mol. The number of nitrogens with one attached hydrogen (secondary N) is 1. The van der Waals surface area contributed by atoms with Gasteiger partial charge in [0.15, 0.2) is 0 Å². The largest absolute Gasteiger partial charge is 0.377 e. The van der Waals surface area contributed by atoms with Crippen LogP contribution in [0.15, 0.2) is 18.5 Å². The second-order valence-corrected chi connectivity index (χ2v) is 5.77. The van der Waals surface area contributed by atoms with Crippen molar-refractivity contribution in [3.05, 3.63) is 23.5 Å². The first kappa shape index (κ1) is 13.0. The molecule has 1 saturated carbocycles. The van der Waals surface area contributed by atoms with Crippen molar-refractivity contribution < 1.29 is 0 Å². The minimum atomic E-state index is -0.00971. The van der Waals surface area contributed by atoms with E-state index in [0.717, 1.165) is 24.4 Å². The zero-order valence-electron chi connectivity index (χ0n) is 10.0. The Morgan fingerprint density at radius 1 is 1.59 bits per heavy atom. The fourth-order valence-electron chi connectivity index (χ4n) is 2.69. The van der Waals surface area contributed by atoms with Gasteiger partial charge in [0.2, 0.25) is 0 Å². The van der Waals surface area contributed by atoms with Gasteiger partial charge in [-0.25, -0.2) is 0 Å². The lowest BCUT2D eigenvalue weighted by Gasteiger charge is -2.40. The van der Waals surface area contributed by atoms with Gasteiger partial charge < -0.3 is 5.32 Å². The van der Waals surface area contributed by atoms with Gasteiger partial charge in [-0.2, -0.15) is 0 Å². The zero-order chi connectivity index (χ0) is 12.3. The van der Waals surface area contributed by atoms with Crippen LogP contribution in [-0.2, 0) is 0 Å². The van der Waals surface area contributed by atoms with Gasteiger partial charge in [-0.05, 0) is 24.8 Å². The molecule has 1 N–H and O–H groups in total. The van der Waals surface area contributed by atoms with Crippen molar-refractivity contribution in [2.75, 3.05) is 11.2 Å². The molecule has 1 aromatic heterocycles. The van der Waals surface area contributed by atoms with Gasteiger partial charge in [0.1, 0.15) is 0 Å². The Hall–Kier alpha value is -0.470. The fourth-order valence-corrected chi connectivity index (χ4v) is 3.17. The third-order valence-corrected chi connectivity index (χ3v) is 4.33. The smallest absolute Gasteiger partial charge is 0.0820 e. The maximum absolute atomic E-state index is 6.18. The Morgan fingerprint density at radius 2 is 2.41 bits per heavy atom. The Bertz CT molecular complexity index is 383. The van der Waals surface area contributed by atoms with Crippen molar-refractivity contribution in [3.8, 4) is 0 Å². The molecule has 1 aliphatic rings. The normalized spacial score (nSPS) is 29.0. The molecular formula is C13H18Cl2N2. The summed E-state index contributed by atoms with van der Waals surface area (Å²) in [6.07, 6.45) is 8.16. The molecule has 2 rings (SSSR count). The summed E-state index contributed by atoms with van der Waals surface area (Å²) in [6.45, 7) is 2.29. The summed E-state index contributed by atoms with van der Waals surface area (Å²) < 4.78 is 0. The maximum atomic E-state index is 6.18. The Morgan fingerprint density at radius 3 is 3.06 bits per heavy atom. The summed E-state index contributed by atoms with van der Waals surface area (Å²) in [5.41, 5.74) is 0.931. The van der Waals surface area contributed by atoms with Crippen LogP contribution in [0.1, 0.15) is 32.6 Å². The summed E-state index contributed by atoms with van der Waals surface area (Å²) >= 11 is 12.3. The summed E-state index contributed by atoms with van der Waals surface area (Å²) in [4.78, 5) is 4.00. The highest BCUT2D eigenvalue weighted by atomic mass is 35.5. The van der Waals surface area contributed by atoms with Crippen LogP contribution in [0.4, 0.5) is 5.69 Å². The predicted molar refractivity (Wildman–Crippen MR) is 74.0 cm³/mol. The number of hydrogen-bond acceptors (Lipinski definition) is 2. The SMILES string of the molecule is CC1CCCC(CCl)(Nc2ccncc2Cl)C1. The van der Waals surface area contributed by atoms with E-state index in [0.29, 0.717) is 10.9 Å². The van der Waals surface area contributed by atoms with Gasteiger partial charge in [-0.1, -0.05) is 31.4 Å². The van der Waals surface area contributed by atoms with E-state index in [9.17, 15) is 0 Å². The third kappa shape index (κ3) is 3.05. The second kappa shape index (κ2) is 5.45. The molecule has 1 fully saturated rings. The summed E-state index contributed by atoms with van der Waals surface area (Å²) in [7, 11) is 0. The van der Waals surface area contributed by atoms with Crippen LogP contribution in [0.25, 0.3) is 0 Å². The van der Waals surface area contributed by atoms with Crippen molar-refractivity contribution >= 4 is 28.9 Å². The number of pyridine rings is 1. The number of hydrogen-bond donors (Lipinski definition) is 1. The maximum Gasteiger partial charge on any atom is 0.0820 e. The minimum absolute atomic E-state index is 0.00971. The molecule has 1 aromatic rings. The first-order chi connectivity index (χ1) is 8.15. The first-order valence-corrected chi connectivity index (χ1v) is 7.00. The van der Waals surface area contributed by atoms with Gasteiger partial charge >= 0.3 is 0 Å². The van der Waals surface area contributed by atoms with E-state index in [-0.39, 0.29) is 5.54 Å². The highest BCUT2D eigenvalue weighted by molar-refractivity contribution is 6.33. The van der Waals surface area contributed by atoms with Gasteiger partial charge in [0, 0.05) is 18.3 Å². The zero-order valence-corrected chi connectivity index (χ0v) is 11.6. The number of halogens is 2. The lowest BCUT2D eigenvalue weighted by molar-refractivity contribution is 0.279. The average Bonchev–Trinajstić information content (AvgIpc) is 2.32. The van der Waals surface area contributed by atoms with Crippen LogP contribution in [0.5, 0.6) is 0 Å². The van der Waals surface area contributed by atoms with Gasteiger partial charge in [0.25, 0.3) is 0 Å². The molecule has 0 amide bonds. The molecule has 94 valence electrons. The lowest BCUT2D eigenvalue weighted by Crippen LogP contribution is -2.44. The monoisotopic (exact) mass is 272 g/mol.